The molecule has 2 aliphatic rings. The molecule has 3 heteroatoms. The molecule has 1 aromatic rings. The second-order valence-corrected chi connectivity index (χ2v) is 6.29. The average Bonchev–Trinajstić information content (AvgIpc) is 2.95. The molecule has 1 aromatic carbocycles. The molecule has 110 valence electrons. The van der Waals surface area contributed by atoms with Gasteiger partial charge < -0.3 is 5.73 Å². The summed E-state index contributed by atoms with van der Waals surface area (Å²) in [5.41, 5.74) is 9.06. The maximum atomic E-state index is 6.40. The molecular weight excluding hydrogens is 246 g/mol. The summed E-state index contributed by atoms with van der Waals surface area (Å²) in [7, 11) is 0. The zero-order valence-corrected chi connectivity index (χ0v) is 12.6. The Morgan fingerprint density at radius 2 is 2.00 bits per heavy atom. The van der Waals surface area contributed by atoms with Crippen molar-refractivity contribution in [3.8, 4) is 0 Å². The topological polar surface area (TPSA) is 32.5 Å². The molecule has 2 atom stereocenters. The molecule has 0 radical (unpaired) electrons. The fourth-order valence-corrected chi connectivity index (χ4v) is 3.61. The van der Waals surface area contributed by atoms with Gasteiger partial charge in [0.25, 0.3) is 0 Å². The van der Waals surface area contributed by atoms with Crippen LogP contribution in [0.5, 0.6) is 0 Å². The first-order valence-corrected chi connectivity index (χ1v) is 8.07. The molecule has 0 spiro atoms. The van der Waals surface area contributed by atoms with Gasteiger partial charge in [-0.3, -0.25) is 9.80 Å². The first kappa shape index (κ1) is 14.1. The van der Waals surface area contributed by atoms with Crippen molar-refractivity contribution in [3.63, 3.8) is 0 Å². The second kappa shape index (κ2) is 6.25. The van der Waals surface area contributed by atoms with Gasteiger partial charge in [0, 0.05) is 38.3 Å². The Labute approximate surface area is 122 Å². The predicted octanol–water partition coefficient (Wildman–Crippen LogP) is 2.03. The minimum absolute atomic E-state index is 0.147. The monoisotopic (exact) mass is 273 g/mol. The number of benzene rings is 1. The summed E-state index contributed by atoms with van der Waals surface area (Å²) in [6.45, 7) is 8.11. The third kappa shape index (κ3) is 3.05. The predicted molar refractivity (Wildman–Crippen MR) is 83.8 cm³/mol. The van der Waals surface area contributed by atoms with Crippen molar-refractivity contribution in [1.82, 2.24) is 9.80 Å². The van der Waals surface area contributed by atoms with Gasteiger partial charge in [-0.25, -0.2) is 0 Å². The lowest BCUT2D eigenvalue weighted by Gasteiger charge is -2.38. The number of nitrogens with two attached hydrogens (primary N) is 1. The quantitative estimate of drug-likeness (QED) is 0.911. The Kier molecular flexibility index (Phi) is 4.39. The van der Waals surface area contributed by atoms with E-state index in [0.717, 1.165) is 19.0 Å². The number of aryl methyl sites for hydroxylation is 1. The van der Waals surface area contributed by atoms with Crippen LogP contribution in [0.1, 0.15) is 36.9 Å². The minimum Gasteiger partial charge on any atom is -0.323 e. The van der Waals surface area contributed by atoms with Crippen LogP contribution in [0.2, 0.25) is 0 Å². The van der Waals surface area contributed by atoms with E-state index in [-0.39, 0.29) is 6.04 Å². The molecule has 3 rings (SSSR count). The first-order valence-electron chi connectivity index (χ1n) is 8.07. The van der Waals surface area contributed by atoms with Gasteiger partial charge >= 0.3 is 0 Å². The van der Waals surface area contributed by atoms with Crippen LogP contribution in [0.15, 0.2) is 24.3 Å². The Balaban J connectivity index is 1.56. The number of nitrogens with zero attached hydrogens (tertiary/aromatic N) is 2. The first-order chi connectivity index (χ1) is 9.76. The molecule has 2 aliphatic heterocycles. The van der Waals surface area contributed by atoms with Crippen LogP contribution in [0.3, 0.4) is 0 Å². The summed E-state index contributed by atoms with van der Waals surface area (Å²) in [6, 6.07) is 9.77. The number of hydrogen-bond acceptors (Lipinski definition) is 3. The highest BCUT2D eigenvalue weighted by Gasteiger charge is 2.30. The molecule has 2 N–H and O–H groups in total. The fourth-order valence-electron chi connectivity index (χ4n) is 3.61. The number of hydrogen-bond donors (Lipinski definition) is 1. The largest absolute Gasteiger partial charge is 0.323 e. The average molecular weight is 273 g/mol. The van der Waals surface area contributed by atoms with Crippen molar-refractivity contribution in [3.05, 3.63) is 35.4 Å². The van der Waals surface area contributed by atoms with Crippen LogP contribution >= 0.6 is 0 Å². The van der Waals surface area contributed by atoms with Crippen LogP contribution in [0.25, 0.3) is 0 Å². The van der Waals surface area contributed by atoms with E-state index in [2.05, 4.69) is 41.0 Å². The zero-order valence-electron chi connectivity index (χ0n) is 12.6. The van der Waals surface area contributed by atoms with Gasteiger partial charge in [-0.1, -0.05) is 31.2 Å². The van der Waals surface area contributed by atoms with E-state index in [1.807, 2.05) is 0 Å². The van der Waals surface area contributed by atoms with Crippen LogP contribution in [-0.4, -0.2) is 48.6 Å². The number of fused-ring (bicyclic) bond motifs is 1. The van der Waals surface area contributed by atoms with Crippen molar-refractivity contribution in [1.29, 1.82) is 0 Å². The van der Waals surface area contributed by atoms with Crippen LogP contribution in [-0.2, 0) is 6.42 Å². The van der Waals surface area contributed by atoms with E-state index in [0.29, 0.717) is 0 Å². The summed E-state index contributed by atoms with van der Waals surface area (Å²) in [4.78, 5) is 5.21. The maximum Gasteiger partial charge on any atom is 0.0424 e. The van der Waals surface area contributed by atoms with E-state index >= 15 is 0 Å². The normalized spacial score (nSPS) is 25.6. The van der Waals surface area contributed by atoms with Gasteiger partial charge in [0.15, 0.2) is 0 Å². The molecule has 0 amide bonds. The summed E-state index contributed by atoms with van der Waals surface area (Å²) in [5, 5.41) is 0. The van der Waals surface area contributed by atoms with Gasteiger partial charge in [-0.2, -0.15) is 0 Å². The third-order valence-electron chi connectivity index (χ3n) is 4.94. The molecule has 0 aliphatic carbocycles. The molecule has 3 nitrogen and oxygen atoms in total. The van der Waals surface area contributed by atoms with Crippen molar-refractivity contribution in [2.24, 2.45) is 5.73 Å². The third-order valence-corrected chi connectivity index (χ3v) is 4.94. The van der Waals surface area contributed by atoms with Crippen molar-refractivity contribution in [2.75, 3.05) is 32.7 Å². The van der Waals surface area contributed by atoms with Crippen LogP contribution < -0.4 is 5.73 Å². The van der Waals surface area contributed by atoms with E-state index < -0.39 is 0 Å². The van der Waals surface area contributed by atoms with Crippen molar-refractivity contribution in [2.45, 2.75) is 38.3 Å². The molecule has 0 saturated carbocycles. The van der Waals surface area contributed by atoms with Gasteiger partial charge in [-0.05, 0) is 36.9 Å². The lowest BCUT2D eigenvalue weighted by molar-refractivity contribution is 0.0998. The van der Waals surface area contributed by atoms with E-state index in [1.54, 1.807) is 0 Å². The number of piperazine rings is 1. The fraction of sp³-hybridized carbons (Fsp3) is 0.647. The minimum atomic E-state index is 0.147. The Bertz CT molecular complexity index is 428. The SMILES string of the molecule is CCc1ccc(C(N)CN2CCN3CCCC3C2)cc1. The van der Waals surface area contributed by atoms with Crippen molar-refractivity contribution < 1.29 is 0 Å². The van der Waals surface area contributed by atoms with Gasteiger partial charge in [0.2, 0.25) is 0 Å². The molecular formula is C17H27N3. The smallest absolute Gasteiger partial charge is 0.0424 e. The highest BCUT2D eigenvalue weighted by molar-refractivity contribution is 5.25. The summed E-state index contributed by atoms with van der Waals surface area (Å²) < 4.78 is 0. The summed E-state index contributed by atoms with van der Waals surface area (Å²) >= 11 is 0. The zero-order chi connectivity index (χ0) is 13.9. The molecule has 2 heterocycles. The molecule has 2 saturated heterocycles. The lowest BCUT2D eigenvalue weighted by Crippen LogP contribution is -2.51. The van der Waals surface area contributed by atoms with Crippen molar-refractivity contribution >= 4 is 0 Å². The molecule has 2 unspecified atom stereocenters. The van der Waals surface area contributed by atoms with Gasteiger partial charge in [-0.15, -0.1) is 0 Å². The lowest BCUT2D eigenvalue weighted by atomic mass is 10.0. The van der Waals surface area contributed by atoms with Crippen LogP contribution in [0.4, 0.5) is 0 Å². The molecule has 2 fully saturated rings. The Morgan fingerprint density at radius 1 is 1.20 bits per heavy atom. The van der Waals surface area contributed by atoms with Gasteiger partial charge in [0.1, 0.15) is 0 Å². The van der Waals surface area contributed by atoms with Crippen LogP contribution in [0, 0.1) is 0 Å². The molecule has 0 bridgehead atoms. The summed E-state index contributed by atoms with van der Waals surface area (Å²) in [5.74, 6) is 0. The molecule has 0 aromatic heterocycles. The standard InChI is InChI=1S/C17H27N3/c1-2-14-5-7-15(8-6-14)17(18)13-19-10-11-20-9-3-4-16(20)12-19/h5-8,16-17H,2-4,9-13,18H2,1H3. The Morgan fingerprint density at radius 3 is 2.75 bits per heavy atom. The van der Waals surface area contributed by atoms with E-state index in [9.17, 15) is 0 Å². The maximum absolute atomic E-state index is 6.40. The second-order valence-electron chi connectivity index (χ2n) is 6.29. The number of rotatable bonds is 4. The van der Waals surface area contributed by atoms with E-state index in [4.69, 9.17) is 5.73 Å². The van der Waals surface area contributed by atoms with E-state index in [1.165, 1.54) is 50.1 Å². The van der Waals surface area contributed by atoms with Gasteiger partial charge in [0.05, 0.1) is 0 Å². The highest BCUT2D eigenvalue weighted by atomic mass is 15.3. The Hall–Kier alpha value is -0.900. The summed E-state index contributed by atoms with van der Waals surface area (Å²) in [6.07, 6.45) is 3.85. The highest BCUT2D eigenvalue weighted by Crippen LogP contribution is 2.23. The molecule has 20 heavy (non-hydrogen) atoms.